The first kappa shape index (κ1) is 18.6. The molecular formula is C18H19N3O3S. The molecule has 2 N–H and O–H groups in total. The molecule has 0 aromatic heterocycles. The molecule has 0 saturated carbocycles. The topological polar surface area (TPSA) is 99.1 Å². The van der Waals surface area contributed by atoms with Crippen molar-refractivity contribution in [1.82, 2.24) is 10.0 Å². The van der Waals surface area contributed by atoms with Crippen molar-refractivity contribution in [2.75, 3.05) is 6.54 Å². The summed E-state index contributed by atoms with van der Waals surface area (Å²) in [5.41, 5.74) is 2.29. The van der Waals surface area contributed by atoms with Gasteiger partial charge in [-0.25, -0.2) is 13.1 Å². The average Bonchev–Trinajstić information content (AvgIpc) is 2.60. The van der Waals surface area contributed by atoms with E-state index in [0.717, 1.165) is 5.56 Å². The third-order valence-electron chi connectivity index (χ3n) is 3.61. The Morgan fingerprint density at radius 2 is 1.96 bits per heavy atom. The number of nitrogens with one attached hydrogen (secondary N) is 2. The number of benzene rings is 2. The highest BCUT2D eigenvalue weighted by Gasteiger charge is 2.17. The normalized spacial score (nSPS) is 10.9. The number of hydrogen-bond donors (Lipinski definition) is 2. The lowest BCUT2D eigenvalue weighted by Gasteiger charge is -2.11. The van der Waals surface area contributed by atoms with E-state index >= 15 is 0 Å². The highest BCUT2D eigenvalue weighted by Crippen LogP contribution is 2.16. The number of amides is 1. The van der Waals surface area contributed by atoms with Crippen molar-refractivity contribution in [3.05, 3.63) is 64.7 Å². The molecule has 0 saturated heterocycles. The molecule has 0 atom stereocenters. The van der Waals surface area contributed by atoms with E-state index in [-0.39, 0.29) is 23.9 Å². The third kappa shape index (κ3) is 4.66. The molecule has 2 rings (SSSR count). The van der Waals surface area contributed by atoms with Crippen molar-refractivity contribution < 1.29 is 13.2 Å². The molecule has 0 fully saturated rings. The molecule has 1 amide bonds. The standard InChI is InChI=1S/C18H19N3O3S/c1-3-21-25(23,24)16-8-7-13(2)17(10-16)18(22)20-12-15-6-4-5-14(9-15)11-19/h4-10,21H,3,12H2,1-2H3,(H,20,22). The fourth-order valence-corrected chi connectivity index (χ4v) is 3.38. The van der Waals surface area contributed by atoms with Gasteiger partial charge in [-0.05, 0) is 42.3 Å². The van der Waals surface area contributed by atoms with E-state index in [1.165, 1.54) is 12.1 Å². The Morgan fingerprint density at radius 3 is 2.64 bits per heavy atom. The molecule has 0 unspecified atom stereocenters. The lowest BCUT2D eigenvalue weighted by Crippen LogP contribution is -2.26. The van der Waals surface area contributed by atoms with Crippen LogP contribution in [0.2, 0.25) is 0 Å². The summed E-state index contributed by atoms with van der Waals surface area (Å²) >= 11 is 0. The number of carbonyl (C=O) groups is 1. The van der Waals surface area contributed by atoms with Crippen molar-refractivity contribution >= 4 is 15.9 Å². The molecule has 0 aliphatic carbocycles. The summed E-state index contributed by atoms with van der Waals surface area (Å²) in [5, 5.41) is 11.7. The predicted molar refractivity (Wildman–Crippen MR) is 94.4 cm³/mol. The van der Waals surface area contributed by atoms with Gasteiger partial charge in [0, 0.05) is 18.7 Å². The molecule has 0 aliphatic rings. The van der Waals surface area contributed by atoms with Crippen LogP contribution in [-0.2, 0) is 16.6 Å². The van der Waals surface area contributed by atoms with Gasteiger partial charge in [0.15, 0.2) is 0 Å². The van der Waals surface area contributed by atoms with Gasteiger partial charge in [-0.2, -0.15) is 5.26 Å². The molecular weight excluding hydrogens is 338 g/mol. The summed E-state index contributed by atoms with van der Waals surface area (Å²) in [4.78, 5) is 12.5. The number of rotatable bonds is 6. The molecule has 6 nitrogen and oxygen atoms in total. The van der Waals surface area contributed by atoms with Crippen molar-refractivity contribution in [3.63, 3.8) is 0 Å². The minimum atomic E-state index is -3.63. The monoisotopic (exact) mass is 357 g/mol. The Hall–Kier alpha value is -2.69. The van der Waals surface area contributed by atoms with Gasteiger partial charge in [-0.1, -0.05) is 25.1 Å². The Kier molecular flexibility index (Phi) is 5.91. The molecule has 7 heteroatoms. The van der Waals surface area contributed by atoms with E-state index < -0.39 is 10.0 Å². The molecule has 2 aromatic carbocycles. The lowest BCUT2D eigenvalue weighted by molar-refractivity contribution is 0.0950. The van der Waals surface area contributed by atoms with Gasteiger partial charge < -0.3 is 5.32 Å². The number of aryl methyl sites for hydroxylation is 1. The van der Waals surface area contributed by atoms with E-state index in [4.69, 9.17) is 5.26 Å². The van der Waals surface area contributed by atoms with Crippen LogP contribution >= 0.6 is 0 Å². The van der Waals surface area contributed by atoms with E-state index in [1.807, 2.05) is 6.07 Å². The molecule has 2 aromatic rings. The second-order valence-corrected chi connectivity index (χ2v) is 7.24. The van der Waals surface area contributed by atoms with Gasteiger partial charge >= 0.3 is 0 Å². The fraction of sp³-hybridized carbons (Fsp3) is 0.222. The smallest absolute Gasteiger partial charge is 0.251 e. The molecule has 0 spiro atoms. The van der Waals surface area contributed by atoms with Gasteiger partial charge in [0.2, 0.25) is 10.0 Å². The second kappa shape index (κ2) is 7.92. The second-order valence-electron chi connectivity index (χ2n) is 5.47. The lowest BCUT2D eigenvalue weighted by atomic mass is 10.1. The zero-order valence-corrected chi connectivity index (χ0v) is 14.9. The van der Waals surface area contributed by atoms with Crippen molar-refractivity contribution in [1.29, 1.82) is 5.26 Å². The minimum Gasteiger partial charge on any atom is -0.348 e. The van der Waals surface area contributed by atoms with Gasteiger partial charge in [0.05, 0.1) is 16.5 Å². The number of hydrogen-bond acceptors (Lipinski definition) is 4. The van der Waals surface area contributed by atoms with Crippen LogP contribution in [0.5, 0.6) is 0 Å². The highest BCUT2D eigenvalue weighted by molar-refractivity contribution is 7.89. The summed E-state index contributed by atoms with van der Waals surface area (Å²) in [6.07, 6.45) is 0. The van der Waals surface area contributed by atoms with Crippen molar-refractivity contribution in [2.45, 2.75) is 25.3 Å². The van der Waals surface area contributed by atoms with Crippen LogP contribution < -0.4 is 10.0 Å². The SMILES string of the molecule is CCNS(=O)(=O)c1ccc(C)c(C(=O)NCc2cccc(C#N)c2)c1. The summed E-state index contributed by atoms with van der Waals surface area (Å²) < 4.78 is 26.6. The van der Waals surface area contributed by atoms with Crippen LogP contribution in [-0.4, -0.2) is 20.9 Å². The van der Waals surface area contributed by atoms with E-state index in [9.17, 15) is 13.2 Å². The van der Waals surface area contributed by atoms with E-state index in [1.54, 1.807) is 44.2 Å². The quantitative estimate of drug-likeness (QED) is 0.827. The highest BCUT2D eigenvalue weighted by atomic mass is 32.2. The van der Waals surface area contributed by atoms with Crippen LogP contribution in [0.3, 0.4) is 0 Å². The van der Waals surface area contributed by atoms with Crippen LogP contribution in [0.4, 0.5) is 0 Å². The van der Waals surface area contributed by atoms with Gasteiger partial charge in [-0.3, -0.25) is 4.79 Å². The summed E-state index contributed by atoms with van der Waals surface area (Å²) in [6, 6.07) is 13.4. The number of carbonyl (C=O) groups excluding carboxylic acids is 1. The maximum Gasteiger partial charge on any atom is 0.251 e. The molecule has 0 bridgehead atoms. The Morgan fingerprint density at radius 1 is 1.20 bits per heavy atom. The Labute approximate surface area is 147 Å². The van der Waals surface area contributed by atoms with Crippen molar-refractivity contribution in [2.24, 2.45) is 0 Å². The Balaban J connectivity index is 2.20. The molecule has 0 radical (unpaired) electrons. The van der Waals surface area contributed by atoms with Crippen LogP contribution in [0, 0.1) is 18.3 Å². The van der Waals surface area contributed by atoms with E-state index in [0.29, 0.717) is 16.7 Å². The molecule has 25 heavy (non-hydrogen) atoms. The fourth-order valence-electron chi connectivity index (χ4n) is 2.31. The first-order valence-corrected chi connectivity index (χ1v) is 9.23. The zero-order chi connectivity index (χ0) is 18.4. The maximum absolute atomic E-state index is 12.4. The number of sulfonamides is 1. The van der Waals surface area contributed by atoms with Crippen molar-refractivity contribution in [3.8, 4) is 6.07 Å². The molecule has 0 aliphatic heterocycles. The Bertz CT molecular complexity index is 931. The largest absolute Gasteiger partial charge is 0.348 e. The van der Waals surface area contributed by atoms with Crippen LogP contribution in [0.15, 0.2) is 47.4 Å². The number of nitrogens with zero attached hydrogens (tertiary/aromatic N) is 1. The van der Waals surface area contributed by atoms with Crippen LogP contribution in [0.25, 0.3) is 0 Å². The molecule has 0 heterocycles. The van der Waals surface area contributed by atoms with Gasteiger partial charge in [0.1, 0.15) is 0 Å². The zero-order valence-electron chi connectivity index (χ0n) is 14.0. The first-order chi connectivity index (χ1) is 11.9. The minimum absolute atomic E-state index is 0.0524. The molecule has 130 valence electrons. The maximum atomic E-state index is 12.4. The van der Waals surface area contributed by atoms with Crippen LogP contribution in [0.1, 0.15) is 34.0 Å². The van der Waals surface area contributed by atoms with Gasteiger partial charge in [0.25, 0.3) is 5.91 Å². The van der Waals surface area contributed by atoms with E-state index in [2.05, 4.69) is 10.0 Å². The first-order valence-electron chi connectivity index (χ1n) is 7.75. The summed E-state index contributed by atoms with van der Waals surface area (Å²) in [7, 11) is -3.63. The summed E-state index contributed by atoms with van der Waals surface area (Å²) in [5.74, 6) is -0.367. The third-order valence-corrected chi connectivity index (χ3v) is 5.15. The number of nitriles is 1. The summed E-state index contributed by atoms with van der Waals surface area (Å²) in [6.45, 7) is 3.95. The predicted octanol–water partition coefficient (Wildman–Crippen LogP) is 2.09. The van der Waals surface area contributed by atoms with Gasteiger partial charge in [-0.15, -0.1) is 0 Å². The average molecular weight is 357 g/mol.